The third-order valence-corrected chi connectivity index (χ3v) is 9.48. The summed E-state index contributed by atoms with van der Waals surface area (Å²) < 4.78 is 20.4. The van der Waals surface area contributed by atoms with Crippen molar-refractivity contribution in [2.75, 3.05) is 44.7 Å². The number of aromatic nitrogens is 3. The van der Waals surface area contributed by atoms with E-state index in [0.717, 1.165) is 45.4 Å². The minimum absolute atomic E-state index is 0.0620. The lowest BCUT2D eigenvalue weighted by atomic mass is 9.76. The van der Waals surface area contributed by atoms with Gasteiger partial charge in [0, 0.05) is 62.8 Å². The van der Waals surface area contributed by atoms with Gasteiger partial charge in [-0.1, -0.05) is 13.8 Å². The highest BCUT2D eigenvalue weighted by Crippen LogP contribution is 2.45. The van der Waals surface area contributed by atoms with Crippen LogP contribution in [0.1, 0.15) is 78.1 Å². The van der Waals surface area contributed by atoms with E-state index in [1.54, 1.807) is 11.9 Å². The van der Waals surface area contributed by atoms with Crippen molar-refractivity contribution in [3.63, 3.8) is 0 Å². The summed E-state index contributed by atoms with van der Waals surface area (Å²) in [5, 5.41) is 17.6. The molecule has 0 aliphatic carbocycles. The number of ether oxygens (including phenoxy) is 1. The maximum Gasteiger partial charge on any atom is 0.407 e. The highest BCUT2D eigenvalue weighted by molar-refractivity contribution is 5.97. The molecule has 11 nitrogen and oxygen atoms in total. The molecular formula is C32H48FN7O4. The first-order chi connectivity index (χ1) is 20.7. The molecule has 1 aromatic heterocycles. The Balaban J connectivity index is 1.46. The Bertz CT molecular complexity index is 1330. The normalized spacial score (nSPS) is 17.2. The number of carbonyl (C=O) groups is 2. The molecule has 1 spiro atoms. The number of rotatable bonds is 12. The summed E-state index contributed by atoms with van der Waals surface area (Å²) in [5.74, 6) is 0.536. The van der Waals surface area contributed by atoms with Gasteiger partial charge >= 0.3 is 6.09 Å². The highest BCUT2D eigenvalue weighted by atomic mass is 19.1. The zero-order valence-corrected chi connectivity index (χ0v) is 27.4. The Morgan fingerprint density at radius 3 is 2.50 bits per heavy atom. The minimum Gasteiger partial charge on any atom is -0.465 e. The van der Waals surface area contributed by atoms with Gasteiger partial charge in [-0.2, -0.15) is 0 Å². The van der Waals surface area contributed by atoms with Crippen molar-refractivity contribution in [2.24, 2.45) is 11.3 Å². The van der Waals surface area contributed by atoms with Crippen LogP contribution in [-0.4, -0.2) is 104 Å². The standard InChI is InChI=1S/C32H48FN7O4/c1-9-40(22(4)5)29(41)24-16-23(33)10-11-26(24)44-28-27(34-20-35-36-28)38-15-14-32(17-38)18-39(19-32)25(21(2)3)12-13-31(6,7)37(8)30(42)43/h10-11,16,20-22,25H,9,12-15,17-19H2,1-8H3,(H,42,43). The third kappa shape index (κ3) is 7.06. The van der Waals surface area contributed by atoms with Crippen molar-refractivity contribution >= 4 is 17.8 Å². The molecule has 2 amide bonds. The van der Waals surface area contributed by atoms with E-state index >= 15 is 0 Å². The van der Waals surface area contributed by atoms with Crippen LogP contribution >= 0.6 is 0 Å². The van der Waals surface area contributed by atoms with Crippen LogP contribution in [0.4, 0.5) is 15.0 Å². The van der Waals surface area contributed by atoms with Crippen molar-refractivity contribution < 1.29 is 23.8 Å². The Kier molecular flexibility index (Phi) is 10.0. The molecule has 1 N–H and O–H groups in total. The van der Waals surface area contributed by atoms with Crippen LogP contribution in [0.15, 0.2) is 24.5 Å². The molecule has 44 heavy (non-hydrogen) atoms. The minimum atomic E-state index is -0.909. The second-order valence-corrected chi connectivity index (χ2v) is 13.6. The van der Waals surface area contributed by atoms with Gasteiger partial charge in [-0.05, 0) is 78.0 Å². The summed E-state index contributed by atoms with van der Waals surface area (Å²) in [6, 6.07) is 4.21. The smallest absolute Gasteiger partial charge is 0.407 e. The molecule has 4 rings (SSSR count). The monoisotopic (exact) mass is 613 g/mol. The summed E-state index contributed by atoms with van der Waals surface area (Å²) in [4.78, 5) is 37.1. The first-order valence-electron chi connectivity index (χ1n) is 15.6. The van der Waals surface area contributed by atoms with Crippen molar-refractivity contribution in [1.29, 1.82) is 0 Å². The lowest BCUT2D eigenvalue weighted by Crippen LogP contribution is -2.62. The molecule has 0 saturated carbocycles. The molecule has 1 unspecified atom stereocenters. The number of hydrogen-bond donors (Lipinski definition) is 1. The number of nitrogens with zero attached hydrogens (tertiary/aromatic N) is 7. The Morgan fingerprint density at radius 2 is 1.89 bits per heavy atom. The first-order valence-corrected chi connectivity index (χ1v) is 15.6. The van der Waals surface area contributed by atoms with Crippen molar-refractivity contribution in [2.45, 2.75) is 85.4 Å². The van der Waals surface area contributed by atoms with Crippen LogP contribution in [-0.2, 0) is 0 Å². The van der Waals surface area contributed by atoms with E-state index in [0.29, 0.717) is 24.3 Å². The molecular weight excluding hydrogens is 565 g/mol. The summed E-state index contributed by atoms with van der Waals surface area (Å²) >= 11 is 0. The number of hydrogen-bond acceptors (Lipinski definition) is 8. The fourth-order valence-electron chi connectivity index (χ4n) is 6.59. The van der Waals surface area contributed by atoms with Crippen LogP contribution in [0, 0.1) is 17.2 Å². The molecule has 1 aromatic carbocycles. The molecule has 0 radical (unpaired) electrons. The first kappa shape index (κ1) is 33.4. The van der Waals surface area contributed by atoms with Gasteiger partial charge in [-0.15, -0.1) is 10.2 Å². The highest BCUT2D eigenvalue weighted by Gasteiger charge is 2.50. The van der Waals surface area contributed by atoms with Crippen molar-refractivity contribution in [3.05, 3.63) is 35.9 Å². The fourth-order valence-corrected chi connectivity index (χ4v) is 6.59. The number of amides is 2. The summed E-state index contributed by atoms with van der Waals surface area (Å²) in [5.41, 5.74) is -0.207. The molecule has 0 bridgehead atoms. The number of carbonyl (C=O) groups excluding carboxylic acids is 1. The molecule has 3 heterocycles. The molecule has 2 saturated heterocycles. The Morgan fingerprint density at radius 1 is 1.18 bits per heavy atom. The zero-order chi connectivity index (χ0) is 32.4. The lowest BCUT2D eigenvalue weighted by molar-refractivity contribution is -0.0373. The number of carboxylic acid groups (broad SMARTS) is 1. The molecule has 2 aliphatic rings. The Labute approximate surface area is 260 Å². The molecule has 2 aromatic rings. The Hall–Kier alpha value is -3.54. The second kappa shape index (κ2) is 13.2. The summed E-state index contributed by atoms with van der Waals surface area (Å²) in [6.07, 6.45) is 3.17. The zero-order valence-electron chi connectivity index (χ0n) is 27.4. The number of likely N-dealkylation sites (tertiary alicyclic amines) is 1. The quantitative estimate of drug-likeness (QED) is 0.337. The fraction of sp³-hybridized carbons (Fsp3) is 0.656. The van der Waals surface area contributed by atoms with E-state index in [9.17, 15) is 19.1 Å². The molecule has 2 aliphatic heterocycles. The van der Waals surface area contributed by atoms with E-state index in [1.165, 1.54) is 29.4 Å². The van der Waals surface area contributed by atoms with Gasteiger partial charge < -0.3 is 24.5 Å². The van der Waals surface area contributed by atoms with Gasteiger partial charge in [0.1, 0.15) is 17.9 Å². The van der Waals surface area contributed by atoms with Gasteiger partial charge in [-0.25, -0.2) is 14.2 Å². The van der Waals surface area contributed by atoms with E-state index in [1.807, 2.05) is 34.6 Å². The van der Waals surface area contributed by atoms with Gasteiger partial charge in [0.15, 0.2) is 5.82 Å². The van der Waals surface area contributed by atoms with Gasteiger partial charge in [0.2, 0.25) is 0 Å². The SMILES string of the molecule is CCN(C(=O)c1cc(F)ccc1Oc1nncnc1N1CCC2(C1)CN(C(CCC(C)(C)N(C)C(=O)O)C(C)C)C2)C(C)C. The number of halogens is 1. The maximum atomic E-state index is 14.3. The molecule has 242 valence electrons. The van der Waals surface area contributed by atoms with Crippen LogP contribution in [0.5, 0.6) is 11.6 Å². The van der Waals surface area contributed by atoms with Crippen LogP contribution in [0.2, 0.25) is 0 Å². The second-order valence-electron chi connectivity index (χ2n) is 13.6. The summed E-state index contributed by atoms with van der Waals surface area (Å²) in [7, 11) is 1.64. The van der Waals surface area contributed by atoms with E-state index in [2.05, 4.69) is 38.8 Å². The van der Waals surface area contributed by atoms with Gasteiger partial charge in [0.25, 0.3) is 11.8 Å². The predicted molar refractivity (Wildman–Crippen MR) is 167 cm³/mol. The van der Waals surface area contributed by atoms with Gasteiger partial charge in [-0.3, -0.25) is 9.69 Å². The van der Waals surface area contributed by atoms with E-state index < -0.39 is 17.4 Å². The predicted octanol–water partition coefficient (Wildman–Crippen LogP) is 5.38. The van der Waals surface area contributed by atoms with Crippen LogP contribution in [0.25, 0.3) is 0 Å². The third-order valence-electron chi connectivity index (χ3n) is 9.48. The topological polar surface area (TPSA) is 115 Å². The van der Waals surface area contributed by atoms with Crippen molar-refractivity contribution in [1.82, 2.24) is 29.9 Å². The molecule has 12 heteroatoms. The van der Waals surface area contributed by atoms with E-state index in [4.69, 9.17) is 4.74 Å². The molecule has 1 atom stereocenters. The summed E-state index contributed by atoms with van der Waals surface area (Å²) in [6.45, 7) is 18.1. The average Bonchev–Trinajstić information content (AvgIpc) is 3.39. The lowest BCUT2D eigenvalue weighted by Gasteiger charge is -2.53. The number of benzene rings is 1. The van der Waals surface area contributed by atoms with Crippen molar-refractivity contribution in [3.8, 4) is 11.6 Å². The maximum absolute atomic E-state index is 14.3. The number of anilines is 1. The van der Waals surface area contributed by atoms with Crippen LogP contribution < -0.4 is 9.64 Å². The van der Waals surface area contributed by atoms with Gasteiger partial charge in [0.05, 0.1) is 5.56 Å². The largest absolute Gasteiger partial charge is 0.465 e. The van der Waals surface area contributed by atoms with Crippen LogP contribution in [0.3, 0.4) is 0 Å². The average molecular weight is 614 g/mol. The molecule has 2 fully saturated rings. The van der Waals surface area contributed by atoms with E-state index in [-0.39, 0.29) is 34.6 Å².